The highest BCUT2D eigenvalue weighted by Gasteiger charge is 2.17. The number of pyridine rings is 1. The minimum absolute atomic E-state index is 0.0522. The van der Waals surface area contributed by atoms with E-state index in [1.54, 1.807) is 26.0 Å². The highest BCUT2D eigenvalue weighted by molar-refractivity contribution is 6.01. The zero-order chi connectivity index (χ0) is 21.8. The molecule has 3 rings (SSSR count). The number of hydrogen-bond acceptors (Lipinski definition) is 4. The quantitative estimate of drug-likeness (QED) is 0.531. The van der Waals surface area contributed by atoms with Crippen molar-refractivity contribution in [1.82, 2.24) is 4.98 Å². The van der Waals surface area contributed by atoms with Gasteiger partial charge in [-0.25, -0.2) is 9.37 Å². The molecule has 0 radical (unpaired) electrons. The van der Waals surface area contributed by atoms with Crippen molar-refractivity contribution in [2.75, 3.05) is 5.32 Å². The van der Waals surface area contributed by atoms with Gasteiger partial charge in [-0.15, -0.1) is 0 Å². The Bertz CT molecular complexity index is 1110. The van der Waals surface area contributed by atoms with Crippen LogP contribution in [0.15, 0.2) is 48.5 Å². The average molecular weight is 408 g/mol. The van der Waals surface area contributed by atoms with E-state index < -0.39 is 24.1 Å². The molecule has 0 aliphatic heterocycles. The molecule has 1 heterocycles. The fourth-order valence-electron chi connectivity index (χ4n) is 3.27. The minimum Gasteiger partial charge on any atom is -0.506 e. The summed E-state index contributed by atoms with van der Waals surface area (Å²) >= 11 is 0. The van der Waals surface area contributed by atoms with Crippen LogP contribution in [-0.2, 0) is 16.0 Å². The van der Waals surface area contributed by atoms with Crippen LogP contribution in [-0.4, -0.2) is 27.1 Å². The molecule has 1 aromatic heterocycles. The topological polar surface area (TPSA) is 99.5 Å². The lowest BCUT2D eigenvalue weighted by Gasteiger charge is -2.15. The van der Waals surface area contributed by atoms with Gasteiger partial charge in [0.25, 0.3) is 0 Å². The second-order valence-electron chi connectivity index (χ2n) is 6.99. The predicted octanol–water partition coefficient (Wildman–Crippen LogP) is 4.21. The third-order valence-corrected chi connectivity index (χ3v) is 4.78. The number of aromatic nitrogens is 1. The van der Waals surface area contributed by atoms with Crippen LogP contribution in [0.5, 0.6) is 5.75 Å². The largest absolute Gasteiger partial charge is 0.506 e. The molecule has 0 saturated heterocycles. The van der Waals surface area contributed by atoms with Gasteiger partial charge in [0.1, 0.15) is 23.7 Å². The molecule has 0 aliphatic carbocycles. The smallest absolute Gasteiger partial charge is 0.312 e. The molecule has 0 bridgehead atoms. The van der Waals surface area contributed by atoms with Crippen molar-refractivity contribution >= 4 is 17.6 Å². The molecule has 30 heavy (non-hydrogen) atoms. The fourth-order valence-corrected chi connectivity index (χ4v) is 3.27. The summed E-state index contributed by atoms with van der Waals surface area (Å²) in [7, 11) is 0. The maximum Gasteiger partial charge on any atom is 0.312 e. The Labute approximate surface area is 173 Å². The number of carboxylic acid groups (broad SMARTS) is 1. The number of carboxylic acids is 1. The summed E-state index contributed by atoms with van der Waals surface area (Å²) in [5.41, 5.74) is 3.60. The second-order valence-corrected chi connectivity index (χ2v) is 6.99. The Balaban J connectivity index is 1.91. The van der Waals surface area contributed by atoms with Crippen molar-refractivity contribution in [2.45, 2.75) is 26.7 Å². The van der Waals surface area contributed by atoms with Gasteiger partial charge >= 0.3 is 5.97 Å². The SMILES string of the molecule is Cc1cc(NC(=O)CC(=O)O)c(F)c(C)c1Cc1ccc(O)c(-c2ccccc2)n1. The molecule has 7 heteroatoms. The van der Waals surface area contributed by atoms with Gasteiger partial charge in [0, 0.05) is 17.7 Å². The van der Waals surface area contributed by atoms with Crippen molar-refractivity contribution in [1.29, 1.82) is 0 Å². The van der Waals surface area contributed by atoms with Crippen LogP contribution in [0.2, 0.25) is 0 Å². The maximum atomic E-state index is 14.8. The predicted molar refractivity (Wildman–Crippen MR) is 111 cm³/mol. The molecule has 6 nitrogen and oxygen atoms in total. The van der Waals surface area contributed by atoms with Crippen LogP contribution >= 0.6 is 0 Å². The van der Waals surface area contributed by atoms with E-state index in [9.17, 15) is 19.1 Å². The van der Waals surface area contributed by atoms with Crippen molar-refractivity contribution < 1.29 is 24.2 Å². The number of benzene rings is 2. The molecule has 0 saturated carbocycles. The van der Waals surface area contributed by atoms with Crippen LogP contribution in [0.25, 0.3) is 11.3 Å². The first-order chi connectivity index (χ1) is 14.3. The monoisotopic (exact) mass is 408 g/mol. The lowest BCUT2D eigenvalue weighted by molar-refractivity contribution is -0.139. The average Bonchev–Trinajstić information content (AvgIpc) is 2.70. The van der Waals surface area contributed by atoms with Gasteiger partial charge in [-0.05, 0) is 48.7 Å². The van der Waals surface area contributed by atoms with E-state index in [1.165, 1.54) is 6.07 Å². The number of hydrogen-bond donors (Lipinski definition) is 3. The second kappa shape index (κ2) is 8.73. The maximum absolute atomic E-state index is 14.8. The first-order valence-electron chi connectivity index (χ1n) is 9.30. The number of amides is 1. The fraction of sp³-hybridized carbons (Fsp3) is 0.174. The molecule has 154 valence electrons. The highest BCUT2D eigenvalue weighted by Crippen LogP contribution is 2.30. The van der Waals surface area contributed by atoms with E-state index in [1.807, 2.05) is 30.3 Å². The van der Waals surface area contributed by atoms with Gasteiger partial charge in [-0.2, -0.15) is 0 Å². The Morgan fingerprint density at radius 1 is 1.10 bits per heavy atom. The number of nitrogens with zero attached hydrogens (tertiary/aromatic N) is 1. The van der Waals surface area contributed by atoms with E-state index >= 15 is 0 Å². The number of nitrogens with one attached hydrogen (secondary N) is 1. The van der Waals surface area contributed by atoms with Gasteiger partial charge in [0.2, 0.25) is 5.91 Å². The van der Waals surface area contributed by atoms with Gasteiger partial charge in [0.15, 0.2) is 0 Å². The van der Waals surface area contributed by atoms with Crippen molar-refractivity contribution in [3.8, 4) is 17.0 Å². The van der Waals surface area contributed by atoms with Gasteiger partial charge < -0.3 is 15.5 Å². The van der Waals surface area contributed by atoms with Crippen LogP contribution in [0.3, 0.4) is 0 Å². The zero-order valence-corrected chi connectivity index (χ0v) is 16.6. The number of halogens is 1. The summed E-state index contributed by atoms with van der Waals surface area (Å²) in [6.45, 7) is 3.39. The standard InChI is InChI=1S/C23H21FN2O4/c1-13-10-18(26-20(28)12-21(29)30)22(24)14(2)17(13)11-16-8-9-19(27)23(25-16)15-6-4-3-5-7-15/h3-10,27H,11-12H2,1-2H3,(H,26,28)(H,29,30). The number of anilines is 1. The Hall–Kier alpha value is -3.74. The van der Waals surface area contributed by atoms with Crippen LogP contribution in [0.4, 0.5) is 10.1 Å². The molecular weight excluding hydrogens is 387 g/mol. The van der Waals surface area contributed by atoms with E-state index in [0.717, 1.165) is 11.1 Å². The van der Waals surface area contributed by atoms with Crippen LogP contribution in [0.1, 0.15) is 28.8 Å². The molecular formula is C23H21FN2O4. The number of carbonyl (C=O) groups is 2. The van der Waals surface area contributed by atoms with Crippen molar-refractivity contribution in [3.63, 3.8) is 0 Å². The minimum atomic E-state index is -1.29. The molecule has 3 N–H and O–H groups in total. The van der Waals surface area contributed by atoms with Crippen molar-refractivity contribution in [3.05, 3.63) is 76.7 Å². The summed E-state index contributed by atoms with van der Waals surface area (Å²) in [5, 5.41) is 21.2. The first kappa shape index (κ1) is 21.0. The molecule has 0 unspecified atom stereocenters. The first-order valence-corrected chi connectivity index (χ1v) is 9.30. The molecule has 1 amide bonds. The highest BCUT2D eigenvalue weighted by atomic mass is 19.1. The zero-order valence-electron chi connectivity index (χ0n) is 16.6. The Morgan fingerprint density at radius 3 is 2.47 bits per heavy atom. The number of aromatic hydroxyl groups is 1. The van der Waals surface area contributed by atoms with E-state index in [-0.39, 0.29) is 11.4 Å². The summed E-state index contributed by atoms with van der Waals surface area (Å²) in [6.07, 6.45) is -0.406. The third kappa shape index (κ3) is 4.63. The molecule has 0 aliphatic rings. The molecule has 0 spiro atoms. The summed E-state index contributed by atoms with van der Waals surface area (Å²) < 4.78 is 14.8. The van der Waals surface area contributed by atoms with Gasteiger partial charge in [0.05, 0.1) is 5.69 Å². The summed E-state index contributed by atoms with van der Waals surface area (Å²) in [4.78, 5) is 26.9. The molecule has 0 fully saturated rings. The third-order valence-electron chi connectivity index (χ3n) is 4.78. The summed E-state index contributed by atoms with van der Waals surface area (Å²) in [6, 6.07) is 14.0. The molecule has 2 aromatic carbocycles. The molecule has 3 aromatic rings. The number of carbonyl (C=O) groups excluding carboxylic acids is 1. The van der Waals surface area contributed by atoms with Gasteiger partial charge in [-0.3, -0.25) is 9.59 Å². The normalized spacial score (nSPS) is 10.6. The Kier molecular flexibility index (Phi) is 6.11. The van der Waals surface area contributed by atoms with Crippen LogP contribution < -0.4 is 5.32 Å². The lowest BCUT2D eigenvalue weighted by Crippen LogP contribution is -2.17. The van der Waals surface area contributed by atoms with Crippen LogP contribution in [0, 0.1) is 19.7 Å². The van der Waals surface area contributed by atoms with Gasteiger partial charge in [-0.1, -0.05) is 30.3 Å². The number of aryl methyl sites for hydroxylation is 1. The Morgan fingerprint density at radius 2 is 1.80 bits per heavy atom. The van der Waals surface area contributed by atoms with E-state index in [2.05, 4.69) is 10.3 Å². The van der Waals surface area contributed by atoms with E-state index in [0.29, 0.717) is 28.9 Å². The van der Waals surface area contributed by atoms with E-state index in [4.69, 9.17) is 5.11 Å². The lowest BCUT2D eigenvalue weighted by atomic mass is 9.96. The molecule has 0 atom stereocenters. The number of aliphatic carboxylic acids is 1. The number of rotatable bonds is 6. The van der Waals surface area contributed by atoms with Crippen molar-refractivity contribution in [2.24, 2.45) is 0 Å². The summed E-state index contributed by atoms with van der Waals surface area (Å²) in [5.74, 6) is -2.64.